The maximum absolute atomic E-state index is 12.9. The highest BCUT2D eigenvalue weighted by Gasteiger charge is 2.11. The number of pyridine rings is 1. The molecular weight excluding hydrogens is 299 g/mol. The smallest absolute Gasteiger partial charge is 0.256 e. The molecule has 92 valence electrons. The molecule has 0 aliphatic carbocycles. The number of carbonyl (C=O) groups is 1. The molecule has 1 N–H and O–H groups in total. The van der Waals surface area contributed by atoms with Crippen molar-refractivity contribution in [2.24, 2.45) is 0 Å². The Balaban J connectivity index is 2.25. The number of carbonyl (C=O) groups excluding carboxylic acids is 1. The molecule has 1 aromatic heterocycles. The first-order chi connectivity index (χ1) is 8.58. The van der Waals surface area contributed by atoms with Crippen LogP contribution in [0, 0.1) is 12.7 Å². The van der Waals surface area contributed by atoms with Gasteiger partial charge < -0.3 is 5.32 Å². The Kier molecular flexibility index (Phi) is 3.72. The molecule has 0 atom stereocenters. The zero-order chi connectivity index (χ0) is 13.1. The highest BCUT2D eigenvalue weighted by atomic mass is 79.9. The van der Waals surface area contributed by atoms with Crippen molar-refractivity contribution in [1.29, 1.82) is 0 Å². The Bertz CT molecular complexity index is 601. The number of hydrogen-bond donors (Lipinski definition) is 1. The Hall–Kier alpha value is -1.75. The van der Waals surface area contributed by atoms with Crippen molar-refractivity contribution in [3.8, 4) is 0 Å². The molecule has 0 unspecified atom stereocenters. The van der Waals surface area contributed by atoms with Crippen molar-refractivity contribution in [2.75, 3.05) is 5.32 Å². The molecule has 0 spiro atoms. The number of hydrogen-bond acceptors (Lipinski definition) is 2. The number of nitrogens with one attached hydrogen (secondary N) is 1. The van der Waals surface area contributed by atoms with Gasteiger partial charge in [0.05, 0.1) is 18.1 Å². The zero-order valence-corrected chi connectivity index (χ0v) is 11.2. The lowest BCUT2D eigenvalue weighted by Crippen LogP contribution is -2.13. The van der Waals surface area contributed by atoms with Crippen LogP contribution in [0.3, 0.4) is 0 Å². The molecule has 1 aromatic carbocycles. The van der Waals surface area contributed by atoms with Crippen LogP contribution in [0.4, 0.5) is 10.1 Å². The second-order valence-electron chi connectivity index (χ2n) is 3.76. The summed E-state index contributed by atoms with van der Waals surface area (Å²) in [7, 11) is 0. The number of amides is 1. The average molecular weight is 309 g/mol. The van der Waals surface area contributed by atoms with E-state index in [0.717, 1.165) is 16.2 Å². The minimum absolute atomic E-state index is 0.291. The molecule has 18 heavy (non-hydrogen) atoms. The highest BCUT2D eigenvalue weighted by Crippen LogP contribution is 2.20. The van der Waals surface area contributed by atoms with Crippen LogP contribution in [0.15, 0.2) is 41.1 Å². The van der Waals surface area contributed by atoms with Crippen LogP contribution in [0.5, 0.6) is 0 Å². The SMILES string of the molecule is Cc1c(Br)cccc1C(=O)Nc1cncc(F)c1. The van der Waals surface area contributed by atoms with Gasteiger partial charge in [0.25, 0.3) is 5.91 Å². The van der Waals surface area contributed by atoms with E-state index >= 15 is 0 Å². The summed E-state index contributed by atoms with van der Waals surface area (Å²) in [6, 6.07) is 6.56. The van der Waals surface area contributed by atoms with Gasteiger partial charge in [0.1, 0.15) is 5.82 Å². The topological polar surface area (TPSA) is 42.0 Å². The minimum Gasteiger partial charge on any atom is -0.320 e. The first kappa shape index (κ1) is 12.7. The molecule has 2 rings (SSSR count). The highest BCUT2D eigenvalue weighted by molar-refractivity contribution is 9.10. The number of benzene rings is 1. The van der Waals surface area contributed by atoms with Crippen LogP contribution >= 0.6 is 15.9 Å². The van der Waals surface area contributed by atoms with Crippen LogP contribution in [0.25, 0.3) is 0 Å². The molecule has 0 aliphatic heterocycles. The summed E-state index contributed by atoms with van der Waals surface area (Å²) in [5, 5.41) is 2.60. The summed E-state index contributed by atoms with van der Waals surface area (Å²) in [6.07, 6.45) is 2.48. The van der Waals surface area contributed by atoms with E-state index in [0.29, 0.717) is 11.3 Å². The maximum atomic E-state index is 12.9. The molecule has 1 heterocycles. The summed E-state index contributed by atoms with van der Waals surface area (Å²) in [6.45, 7) is 1.84. The molecule has 0 saturated carbocycles. The van der Waals surface area contributed by atoms with Gasteiger partial charge in [-0.1, -0.05) is 22.0 Å². The fourth-order valence-electron chi connectivity index (χ4n) is 1.53. The van der Waals surface area contributed by atoms with Gasteiger partial charge >= 0.3 is 0 Å². The van der Waals surface area contributed by atoms with Crippen molar-refractivity contribution in [1.82, 2.24) is 4.98 Å². The van der Waals surface area contributed by atoms with Gasteiger partial charge in [0, 0.05) is 16.1 Å². The second-order valence-corrected chi connectivity index (χ2v) is 4.61. The van der Waals surface area contributed by atoms with E-state index in [1.165, 1.54) is 12.3 Å². The molecule has 0 aliphatic rings. The normalized spacial score (nSPS) is 10.2. The van der Waals surface area contributed by atoms with Crippen LogP contribution in [0.1, 0.15) is 15.9 Å². The Morgan fingerprint density at radius 3 is 2.89 bits per heavy atom. The van der Waals surface area contributed by atoms with Gasteiger partial charge in [-0.2, -0.15) is 0 Å². The summed E-state index contributed by atoms with van der Waals surface area (Å²) in [5.41, 5.74) is 1.70. The molecule has 1 amide bonds. The third kappa shape index (κ3) is 2.73. The molecule has 0 fully saturated rings. The second kappa shape index (κ2) is 5.27. The number of halogens is 2. The van der Waals surface area contributed by atoms with Crippen molar-refractivity contribution < 1.29 is 9.18 Å². The van der Waals surface area contributed by atoms with Crippen LogP contribution in [0.2, 0.25) is 0 Å². The standard InChI is InChI=1S/C13H10BrFN2O/c1-8-11(3-2-4-12(8)14)13(18)17-10-5-9(15)6-16-7-10/h2-7H,1H3,(H,17,18). The van der Waals surface area contributed by atoms with Crippen molar-refractivity contribution in [3.05, 3.63) is 58.1 Å². The lowest BCUT2D eigenvalue weighted by atomic mass is 10.1. The third-order valence-electron chi connectivity index (χ3n) is 2.48. The third-order valence-corrected chi connectivity index (χ3v) is 3.33. The van der Waals surface area contributed by atoms with Crippen LogP contribution in [-0.2, 0) is 0 Å². The quantitative estimate of drug-likeness (QED) is 0.922. The first-order valence-corrected chi connectivity index (χ1v) is 6.04. The van der Waals surface area contributed by atoms with Gasteiger partial charge in [-0.15, -0.1) is 0 Å². The van der Waals surface area contributed by atoms with E-state index < -0.39 is 5.82 Å². The Morgan fingerprint density at radius 1 is 1.39 bits per heavy atom. The summed E-state index contributed by atoms with van der Waals surface area (Å²) in [5.74, 6) is -0.778. The van der Waals surface area contributed by atoms with E-state index in [9.17, 15) is 9.18 Å². The van der Waals surface area contributed by atoms with Gasteiger partial charge in [0.15, 0.2) is 0 Å². The Labute approximate surface area is 112 Å². The summed E-state index contributed by atoms with van der Waals surface area (Å²) < 4.78 is 13.8. The molecule has 0 bridgehead atoms. The van der Waals surface area contributed by atoms with Gasteiger partial charge in [-0.3, -0.25) is 9.78 Å². The monoisotopic (exact) mass is 308 g/mol. The van der Waals surface area contributed by atoms with Gasteiger partial charge in [-0.25, -0.2) is 4.39 Å². The van der Waals surface area contributed by atoms with E-state index in [1.54, 1.807) is 12.1 Å². The summed E-state index contributed by atoms with van der Waals surface area (Å²) >= 11 is 3.36. The van der Waals surface area contributed by atoms with Crippen molar-refractivity contribution in [3.63, 3.8) is 0 Å². The number of anilines is 1. The van der Waals surface area contributed by atoms with Gasteiger partial charge in [-0.05, 0) is 24.6 Å². The van der Waals surface area contributed by atoms with Gasteiger partial charge in [0.2, 0.25) is 0 Å². The molecule has 5 heteroatoms. The van der Waals surface area contributed by atoms with Crippen molar-refractivity contribution >= 4 is 27.5 Å². The number of rotatable bonds is 2. The molecule has 3 nitrogen and oxygen atoms in total. The van der Waals surface area contributed by atoms with E-state index in [2.05, 4.69) is 26.2 Å². The minimum atomic E-state index is -0.487. The predicted molar refractivity (Wildman–Crippen MR) is 71.0 cm³/mol. The van der Waals surface area contributed by atoms with Crippen LogP contribution in [-0.4, -0.2) is 10.9 Å². The molecular formula is C13H10BrFN2O. The molecule has 0 saturated heterocycles. The first-order valence-electron chi connectivity index (χ1n) is 5.25. The lowest BCUT2D eigenvalue weighted by Gasteiger charge is -2.08. The van der Waals surface area contributed by atoms with Crippen molar-refractivity contribution in [2.45, 2.75) is 6.92 Å². The summed E-state index contributed by atoms with van der Waals surface area (Å²) in [4.78, 5) is 15.7. The fraction of sp³-hybridized carbons (Fsp3) is 0.0769. The molecule has 0 radical (unpaired) electrons. The fourth-order valence-corrected chi connectivity index (χ4v) is 1.90. The van der Waals surface area contributed by atoms with Crippen LogP contribution < -0.4 is 5.32 Å². The van der Waals surface area contributed by atoms with E-state index in [1.807, 2.05) is 13.0 Å². The number of aromatic nitrogens is 1. The lowest BCUT2D eigenvalue weighted by molar-refractivity contribution is 0.102. The zero-order valence-electron chi connectivity index (χ0n) is 9.58. The van der Waals surface area contributed by atoms with E-state index in [4.69, 9.17) is 0 Å². The largest absolute Gasteiger partial charge is 0.320 e. The van der Waals surface area contributed by atoms with E-state index in [-0.39, 0.29) is 5.91 Å². The Morgan fingerprint density at radius 2 is 2.17 bits per heavy atom. The number of nitrogens with zero attached hydrogens (tertiary/aromatic N) is 1. The maximum Gasteiger partial charge on any atom is 0.256 e. The average Bonchev–Trinajstić information content (AvgIpc) is 2.32. The predicted octanol–water partition coefficient (Wildman–Crippen LogP) is 3.54. The molecule has 2 aromatic rings.